The lowest BCUT2D eigenvalue weighted by Crippen LogP contribution is -2.32. The van der Waals surface area contributed by atoms with Gasteiger partial charge >= 0.3 is 0 Å². The minimum atomic E-state index is -0.547. The fourth-order valence-corrected chi connectivity index (χ4v) is 10.0. The maximum absolute atomic E-state index is 6.94. The standard InChI is InChI=1S/C56H33N3O/c1-2-12-34(13-3-1)48-30-28-37-26-27-38-29-31-49(58-55(38)54(37)57-48)35-22-24-36(25-23-35)53-43-33-52-47(32-42(43)41-16-6-10-20-50(41)59-53)56(46-19-9-11-21-51(46)60-52)44-17-7-4-14-39(44)40-15-5-8-18-45(40)56/h1-33H. The van der Waals surface area contributed by atoms with Gasteiger partial charge in [0.25, 0.3) is 0 Å². The molecule has 0 saturated heterocycles. The molecule has 8 aromatic carbocycles. The molecule has 1 spiro atoms. The summed E-state index contributed by atoms with van der Waals surface area (Å²) in [5, 5.41) is 5.43. The number of hydrogen-bond acceptors (Lipinski definition) is 4. The molecule has 2 aliphatic rings. The molecule has 3 aromatic heterocycles. The second kappa shape index (κ2) is 12.5. The minimum absolute atomic E-state index is 0.547. The number of nitrogens with zero attached hydrogens (tertiary/aromatic N) is 3. The molecule has 278 valence electrons. The van der Waals surface area contributed by atoms with E-state index in [0.29, 0.717) is 0 Å². The third-order valence-corrected chi connectivity index (χ3v) is 12.7. The molecule has 4 heteroatoms. The fraction of sp³-hybridized carbons (Fsp3) is 0.0179. The van der Waals surface area contributed by atoms with Crippen LogP contribution in [0, 0.1) is 0 Å². The molecule has 0 amide bonds. The zero-order chi connectivity index (χ0) is 39.4. The van der Waals surface area contributed by atoms with Crippen molar-refractivity contribution in [2.24, 2.45) is 0 Å². The molecule has 1 aliphatic heterocycles. The first-order valence-corrected chi connectivity index (χ1v) is 20.4. The Balaban J connectivity index is 0.985. The topological polar surface area (TPSA) is 47.9 Å². The van der Waals surface area contributed by atoms with Crippen molar-refractivity contribution in [3.05, 3.63) is 222 Å². The van der Waals surface area contributed by atoms with Crippen LogP contribution >= 0.6 is 0 Å². The van der Waals surface area contributed by atoms with E-state index in [0.717, 1.165) is 99.9 Å². The molecule has 0 fully saturated rings. The highest BCUT2D eigenvalue weighted by atomic mass is 16.5. The number of para-hydroxylation sites is 2. The Hall–Kier alpha value is -7.95. The largest absolute Gasteiger partial charge is 0.457 e. The Morgan fingerprint density at radius 1 is 0.350 bits per heavy atom. The first kappa shape index (κ1) is 33.1. The van der Waals surface area contributed by atoms with E-state index in [-0.39, 0.29) is 0 Å². The Morgan fingerprint density at radius 3 is 1.60 bits per heavy atom. The Kier molecular flexibility index (Phi) is 6.90. The second-order valence-electron chi connectivity index (χ2n) is 15.9. The van der Waals surface area contributed by atoms with Gasteiger partial charge in [-0.2, -0.15) is 0 Å². The average Bonchev–Trinajstić information content (AvgIpc) is 3.61. The zero-order valence-electron chi connectivity index (χ0n) is 32.3. The molecule has 1 aliphatic carbocycles. The van der Waals surface area contributed by atoms with E-state index in [2.05, 4.69) is 182 Å². The van der Waals surface area contributed by atoms with E-state index in [1.807, 2.05) is 18.2 Å². The Labute approximate surface area is 346 Å². The summed E-state index contributed by atoms with van der Waals surface area (Å²) < 4.78 is 6.94. The third-order valence-electron chi connectivity index (χ3n) is 12.7. The number of rotatable bonds is 3. The summed E-state index contributed by atoms with van der Waals surface area (Å²) in [5.74, 6) is 1.72. The van der Waals surface area contributed by atoms with Crippen LogP contribution < -0.4 is 4.74 Å². The maximum atomic E-state index is 6.94. The molecule has 0 atom stereocenters. The Morgan fingerprint density at radius 2 is 0.900 bits per heavy atom. The Bertz CT molecular complexity index is 3530. The zero-order valence-corrected chi connectivity index (χ0v) is 32.3. The maximum Gasteiger partial charge on any atom is 0.132 e. The molecular weight excluding hydrogens is 731 g/mol. The van der Waals surface area contributed by atoms with Gasteiger partial charge in [0.1, 0.15) is 11.5 Å². The van der Waals surface area contributed by atoms with E-state index >= 15 is 0 Å². The van der Waals surface area contributed by atoms with Gasteiger partial charge in [-0.3, -0.25) is 0 Å². The third kappa shape index (κ3) is 4.64. The number of fused-ring (bicyclic) bond motifs is 15. The van der Waals surface area contributed by atoms with Crippen LogP contribution in [0.5, 0.6) is 11.5 Å². The molecule has 0 saturated carbocycles. The van der Waals surface area contributed by atoms with E-state index in [4.69, 9.17) is 19.7 Å². The number of pyridine rings is 3. The highest BCUT2D eigenvalue weighted by Crippen LogP contribution is 2.62. The lowest BCUT2D eigenvalue weighted by Gasteiger charge is -2.39. The molecule has 0 N–H and O–H groups in total. The van der Waals surface area contributed by atoms with Crippen molar-refractivity contribution in [2.75, 3.05) is 0 Å². The van der Waals surface area contributed by atoms with Crippen LogP contribution in [0.1, 0.15) is 22.3 Å². The van der Waals surface area contributed by atoms with Gasteiger partial charge in [0, 0.05) is 49.4 Å². The molecule has 0 radical (unpaired) electrons. The molecule has 13 rings (SSSR count). The molecule has 4 heterocycles. The quantitative estimate of drug-likeness (QED) is 0.168. The lowest BCUT2D eigenvalue weighted by atomic mass is 9.65. The first-order valence-electron chi connectivity index (χ1n) is 20.4. The van der Waals surface area contributed by atoms with Crippen molar-refractivity contribution in [3.8, 4) is 56.4 Å². The van der Waals surface area contributed by atoms with E-state index in [1.54, 1.807) is 0 Å². The number of ether oxygens (including phenoxy) is 1. The van der Waals surface area contributed by atoms with Crippen molar-refractivity contribution < 1.29 is 4.74 Å². The van der Waals surface area contributed by atoms with Crippen molar-refractivity contribution >= 4 is 43.5 Å². The normalized spacial score (nSPS) is 13.3. The van der Waals surface area contributed by atoms with Crippen molar-refractivity contribution in [3.63, 3.8) is 0 Å². The van der Waals surface area contributed by atoms with Crippen LogP contribution in [0.3, 0.4) is 0 Å². The summed E-state index contributed by atoms with van der Waals surface area (Å²) in [4.78, 5) is 15.7. The van der Waals surface area contributed by atoms with Gasteiger partial charge in [0.05, 0.1) is 39.0 Å². The van der Waals surface area contributed by atoms with Crippen molar-refractivity contribution in [1.82, 2.24) is 15.0 Å². The molecule has 11 aromatic rings. The summed E-state index contributed by atoms with van der Waals surface area (Å²) >= 11 is 0. The highest BCUT2D eigenvalue weighted by molar-refractivity contribution is 6.12. The summed E-state index contributed by atoms with van der Waals surface area (Å²) in [7, 11) is 0. The van der Waals surface area contributed by atoms with Crippen molar-refractivity contribution in [2.45, 2.75) is 5.41 Å². The first-order chi connectivity index (χ1) is 29.7. The summed E-state index contributed by atoms with van der Waals surface area (Å²) in [6, 6.07) is 71.1. The number of hydrogen-bond donors (Lipinski definition) is 0. The monoisotopic (exact) mass is 763 g/mol. The SMILES string of the molecule is c1ccc(-c2ccc3ccc4ccc(-c5ccc(-c6nc7ccccc7c7cc8c(cc67)Oc6ccccc6C86c7ccccc7-c7ccccc76)cc5)nc4c3n2)cc1. The van der Waals surface area contributed by atoms with Crippen LogP contribution in [-0.4, -0.2) is 15.0 Å². The van der Waals surface area contributed by atoms with Crippen LogP contribution in [0.15, 0.2) is 200 Å². The summed E-state index contributed by atoms with van der Waals surface area (Å²) in [6.07, 6.45) is 0. The van der Waals surface area contributed by atoms with E-state index in [1.165, 1.54) is 22.3 Å². The predicted octanol–water partition coefficient (Wildman–Crippen LogP) is 14.0. The van der Waals surface area contributed by atoms with E-state index in [9.17, 15) is 0 Å². The lowest BCUT2D eigenvalue weighted by molar-refractivity contribution is 0.437. The van der Waals surface area contributed by atoms with Gasteiger partial charge in [0.2, 0.25) is 0 Å². The van der Waals surface area contributed by atoms with Crippen LogP contribution in [-0.2, 0) is 5.41 Å². The van der Waals surface area contributed by atoms with Crippen LogP contribution in [0.4, 0.5) is 0 Å². The molecule has 60 heavy (non-hydrogen) atoms. The van der Waals surface area contributed by atoms with Gasteiger partial charge in [-0.1, -0.05) is 164 Å². The number of benzene rings is 8. The van der Waals surface area contributed by atoms with Crippen LogP contribution in [0.2, 0.25) is 0 Å². The van der Waals surface area contributed by atoms with Gasteiger partial charge in [-0.05, 0) is 64.0 Å². The van der Waals surface area contributed by atoms with E-state index < -0.39 is 5.41 Å². The van der Waals surface area contributed by atoms with Gasteiger partial charge < -0.3 is 4.74 Å². The molecule has 0 bridgehead atoms. The van der Waals surface area contributed by atoms with Gasteiger partial charge in [-0.15, -0.1) is 0 Å². The number of aromatic nitrogens is 3. The van der Waals surface area contributed by atoms with Crippen molar-refractivity contribution in [1.29, 1.82) is 0 Å². The van der Waals surface area contributed by atoms with Gasteiger partial charge in [0.15, 0.2) is 0 Å². The average molecular weight is 764 g/mol. The smallest absolute Gasteiger partial charge is 0.132 e. The van der Waals surface area contributed by atoms with Crippen LogP contribution in [0.25, 0.3) is 88.4 Å². The fourth-order valence-electron chi connectivity index (χ4n) is 10.0. The summed E-state index contributed by atoms with van der Waals surface area (Å²) in [5.41, 5.74) is 15.5. The van der Waals surface area contributed by atoms with Gasteiger partial charge in [-0.25, -0.2) is 15.0 Å². The predicted molar refractivity (Wildman–Crippen MR) is 244 cm³/mol. The molecular formula is C56H33N3O. The molecule has 0 unspecified atom stereocenters. The second-order valence-corrected chi connectivity index (χ2v) is 15.9. The molecule has 4 nitrogen and oxygen atoms in total. The summed E-state index contributed by atoms with van der Waals surface area (Å²) in [6.45, 7) is 0. The minimum Gasteiger partial charge on any atom is -0.457 e. The highest BCUT2D eigenvalue weighted by Gasteiger charge is 2.51.